The monoisotopic (exact) mass is 1020 g/mol. The Morgan fingerprint density at radius 1 is 0.286 bits per heavy atom. The molecule has 0 saturated carbocycles. The second-order valence-corrected chi connectivity index (χ2v) is 19.9. The number of allylic oxidation sites excluding steroid dienone is 4. The van der Waals surface area contributed by atoms with Crippen molar-refractivity contribution < 1.29 is 58.9 Å². The third-order valence-electron chi connectivity index (χ3n) is 12.1. The van der Waals surface area contributed by atoms with Gasteiger partial charge in [-0.1, -0.05) is 252 Å². The number of hydrogen-bond donors (Lipinski definition) is 0. The molecule has 1 aliphatic carbocycles. The van der Waals surface area contributed by atoms with Crippen LogP contribution in [-0.4, -0.2) is 8.80 Å². The Labute approximate surface area is 452 Å². The molecule has 0 N–H and O–H groups in total. The summed E-state index contributed by atoms with van der Waals surface area (Å²) in [5, 5.41) is 4.32. The summed E-state index contributed by atoms with van der Waals surface area (Å²) in [6.45, 7) is 0. The van der Waals surface area contributed by atoms with Gasteiger partial charge < -0.3 is 37.2 Å². The van der Waals surface area contributed by atoms with Gasteiger partial charge in [-0.3, -0.25) is 6.08 Å². The fourth-order valence-electron chi connectivity index (χ4n) is 9.16. The number of halogens is 3. The van der Waals surface area contributed by atoms with Gasteiger partial charge >= 0.3 is 21.7 Å². The zero-order valence-corrected chi connectivity index (χ0v) is 44.2. The van der Waals surface area contributed by atoms with Gasteiger partial charge in [-0.05, 0) is 105 Å². The standard InChI is InChI=1S/C60H51Si.C5H5.3ClH.Ti/c1-7-19-46(20-8-1)31-52-37-53(32-47-21-9-2-10-22-47)41-58(40-52)61(59-42-54(33-48-23-11-3-12-24-48)38-55(43-59)34-49-25-13-4-14-26-49)60-44-56(35-50-27-15-5-16-28-50)39-57(45-60)36-51-29-17-6-18-30-51;1-2-4-5-3-1;;;;/h1-30,37-45H,31-36H2;1-3H,4H2;3*1H;/q;-1;;;;+4/p-3. The van der Waals surface area contributed by atoms with Gasteiger partial charge in [-0.2, -0.15) is 6.08 Å². The van der Waals surface area contributed by atoms with Gasteiger partial charge in [0.05, 0.1) is 0 Å². The molecule has 9 aromatic carbocycles. The van der Waals surface area contributed by atoms with Gasteiger partial charge in [-0.25, -0.2) is 12.2 Å². The van der Waals surface area contributed by atoms with Gasteiger partial charge in [0, 0.05) is 0 Å². The van der Waals surface area contributed by atoms with E-state index >= 15 is 0 Å². The molecule has 5 heteroatoms. The first kappa shape index (κ1) is 55.2. The summed E-state index contributed by atoms with van der Waals surface area (Å²) in [5.74, 6) is 0. The molecule has 0 unspecified atom stereocenters. The maximum atomic E-state index is 2.99. The van der Waals surface area contributed by atoms with Crippen LogP contribution in [0.3, 0.4) is 0 Å². The maximum absolute atomic E-state index is 2.99. The maximum Gasteiger partial charge on any atom is 4.00 e. The SMILES string of the molecule is [C-]1=CC=CC1.[Cl-].[Cl-].[Cl-].[Ti+4].c1ccc(Cc2cc(Cc3ccccc3)cc([Si](c3cc(Cc4ccccc4)cc(Cc4ccccc4)c3)c3cc(Cc4ccccc4)cc(Cc4ccccc4)c3)c2)cc1. The molecule has 0 heterocycles. The van der Waals surface area contributed by atoms with Gasteiger partial charge in [0.25, 0.3) is 0 Å². The van der Waals surface area contributed by atoms with Gasteiger partial charge in [0.15, 0.2) is 8.80 Å². The summed E-state index contributed by atoms with van der Waals surface area (Å²) < 4.78 is 0. The molecule has 0 atom stereocenters. The van der Waals surface area contributed by atoms with Gasteiger partial charge in [0.2, 0.25) is 0 Å². The van der Waals surface area contributed by atoms with Crippen molar-refractivity contribution >= 4 is 24.4 Å². The van der Waals surface area contributed by atoms with E-state index in [2.05, 4.69) is 249 Å². The molecule has 1 aliphatic rings. The topological polar surface area (TPSA) is 0 Å². The predicted octanol–water partition coefficient (Wildman–Crippen LogP) is 4.06. The Kier molecular flexibility index (Phi) is 22.7. The summed E-state index contributed by atoms with van der Waals surface area (Å²) in [6, 6.07) is 88.6. The molecule has 0 amide bonds. The molecule has 0 bridgehead atoms. The van der Waals surface area contributed by atoms with Crippen molar-refractivity contribution in [2.24, 2.45) is 0 Å². The Balaban J connectivity index is 0.000000955. The van der Waals surface area contributed by atoms with Crippen LogP contribution in [0, 0.1) is 6.08 Å². The predicted molar refractivity (Wildman–Crippen MR) is 281 cm³/mol. The summed E-state index contributed by atoms with van der Waals surface area (Å²) in [6.07, 6.45) is 15.4. The van der Waals surface area contributed by atoms with Gasteiger partial charge in [0.1, 0.15) is 0 Å². The first-order chi connectivity index (χ1) is 32.6. The van der Waals surface area contributed by atoms with Crippen molar-refractivity contribution in [1.82, 2.24) is 0 Å². The molecule has 345 valence electrons. The minimum Gasteiger partial charge on any atom is -1.00 e. The molecular weight excluding hydrogens is 963 g/mol. The average Bonchev–Trinajstić information content (AvgIpc) is 3.95. The van der Waals surface area contributed by atoms with Crippen LogP contribution in [0.2, 0.25) is 0 Å². The van der Waals surface area contributed by atoms with E-state index in [0.29, 0.717) is 0 Å². The first-order valence-electron chi connectivity index (χ1n) is 23.4. The first-order valence-corrected chi connectivity index (χ1v) is 24.9. The Bertz CT molecular complexity index is 2480. The smallest absolute Gasteiger partial charge is 1.00 e. The molecule has 1 radical (unpaired) electrons. The summed E-state index contributed by atoms with van der Waals surface area (Å²) in [4.78, 5) is 0. The van der Waals surface area contributed by atoms with Crippen molar-refractivity contribution in [2.75, 3.05) is 0 Å². The third kappa shape index (κ3) is 16.4. The van der Waals surface area contributed by atoms with Crippen LogP contribution in [0.5, 0.6) is 0 Å². The zero-order valence-electron chi connectivity index (χ0n) is 39.3. The number of rotatable bonds is 15. The fourth-order valence-corrected chi connectivity index (χ4v) is 12.1. The van der Waals surface area contributed by atoms with E-state index in [1.54, 1.807) is 0 Å². The van der Waals surface area contributed by atoms with Crippen LogP contribution in [0.15, 0.2) is 255 Å². The van der Waals surface area contributed by atoms with E-state index in [-0.39, 0.29) is 58.9 Å². The Morgan fingerprint density at radius 2 is 0.500 bits per heavy atom. The Morgan fingerprint density at radius 3 is 0.657 bits per heavy atom. The molecule has 0 aromatic heterocycles. The van der Waals surface area contributed by atoms with Gasteiger partial charge in [-0.15, -0.1) is 6.42 Å². The number of hydrogen-bond acceptors (Lipinski definition) is 0. The molecule has 0 fully saturated rings. The number of benzene rings is 9. The molecule has 0 aliphatic heterocycles. The fraction of sp³-hybridized carbons (Fsp3) is 0.108. The normalized spacial score (nSPS) is 11.0. The van der Waals surface area contributed by atoms with E-state index < -0.39 is 8.80 Å². The quantitative estimate of drug-likeness (QED) is 0.0828. The second-order valence-electron chi connectivity index (χ2n) is 17.5. The third-order valence-corrected chi connectivity index (χ3v) is 14.7. The van der Waals surface area contributed by atoms with Crippen molar-refractivity contribution in [3.8, 4) is 0 Å². The van der Waals surface area contributed by atoms with E-state index in [1.807, 2.05) is 12.2 Å². The van der Waals surface area contributed by atoms with E-state index in [0.717, 1.165) is 44.9 Å². The van der Waals surface area contributed by atoms with Crippen LogP contribution in [0.1, 0.15) is 73.2 Å². The summed E-state index contributed by atoms with van der Waals surface area (Å²) in [5.41, 5.74) is 16.2. The minimum absolute atomic E-state index is 0. The minimum atomic E-state index is -1.56. The molecule has 10 rings (SSSR count). The molecular formula is C65H56Cl3SiTi. The van der Waals surface area contributed by atoms with E-state index in [1.165, 1.54) is 82.3 Å². The summed E-state index contributed by atoms with van der Waals surface area (Å²) in [7, 11) is -1.56. The summed E-state index contributed by atoms with van der Waals surface area (Å²) >= 11 is 0. The van der Waals surface area contributed by atoms with Crippen molar-refractivity contribution in [3.05, 3.63) is 328 Å². The molecule has 0 nitrogen and oxygen atoms in total. The van der Waals surface area contributed by atoms with Crippen LogP contribution in [0.4, 0.5) is 0 Å². The van der Waals surface area contributed by atoms with Crippen molar-refractivity contribution in [2.45, 2.75) is 44.9 Å². The second kappa shape index (κ2) is 28.8. The molecule has 9 aromatic rings. The zero-order chi connectivity index (χ0) is 44.6. The van der Waals surface area contributed by atoms with Crippen LogP contribution < -0.4 is 52.8 Å². The van der Waals surface area contributed by atoms with Crippen LogP contribution >= 0.6 is 0 Å². The molecule has 0 saturated heterocycles. The van der Waals surface area contributed by atoms with Crippen LogP contribution in [0.25, 0.3) is 0 Å². The largest absolute Gasteiger partial charge is 4.00 e. The molecule has 70 heavy (non-hydrogen) atoms. The van der Waals surface area contributed by atoms with E-state index in [4.69, 9.17) is 0 Å². The van der Waals surface area contributed by atoms with E-state index in [9.17, 15) is 0 Å². The van der Waals surface area contributed by atoms with Crippen molar-refractivity contribution in [3.63, 3.8) is 0 Å². The van der Waals surface area contributed by atoms with Crippen molar-refractivity contribution in [1.29, 1.82) is 0 Å². The Hall–Kier alpha value is -5.74. The average molecular weight is 1020 g/mol. The molecule has 0 spiro atoms. The van der Waals surface area contributed by atoms with Crippen LogP contribution in [-0.2, 0) is 60.2 Å².